The van der Waals surface area contributed by atoms with E-state index in [-0.39, 0.29) is 12.5 Å². The van der Waals surface area contributed by atoms with Crippen LogP contribution in [0.2, 0.25) is 0 Å². The van der Waals surface area contributed by atoms with Crippen molar-refractivity contribution in [1.82, 2.24) is 0 Å². The van der Waals surface area contributed by atoms with Crippen LogP contribution < -0.4 is 14.4 Å². The monoisotopic (exact) mass is 507 g/mol. The van der Waals surface area contributed by atoms with Crippen molar-refractivity contribution in [2.75, 3.05) is 25.2 Å². The Morgan fingerprint density at radius 3 is 2.60 bits per heavy atom. The van der Waals surface area contributed by atoms with Crippen molar-refractivity contribution >= 4 is 67.9 Å². The van der Waals surface area contributed by atoms with E-state index in [0.717, 1.165) is 10.2 Å². The Bertz CT molecular complexity index is 1010. The molecular weight excluding hydrogens is 490 g/mol. The van der Waals surface area contributed by atoms with E-state index >= 15 is 0 Å². The van der Waals surface area contributed by atoms with Gasteiger partial charge >= 0.3 is 5.97 Å². The van der Waals surface area contributed by atoms with E-state index in [4.69, 9.17) is 21.7 Å². The van der Waals surface area contributed by atoms with Crippen LogP contribution in [0, 0.1) is 0 Å². The molecular formula is C21H18BrNO5S2. The highest BCUT2D eigenvalue weighted by Crippen LogP contribution is 2.38. The maximum atomic E-state index is 13.0. The fraction of sp³-hybridized carbons (Fsp3) is 0.190. The van der Waals surface area contributed by atoms with Crippen molar-refractivity contribution in [1.29, 1.82) is 0 Å². The van der Waals surface area contributed by atoms with E-state index in [1.165, 1.54) is 23.8 Å². The van der Waals surface area contributed by atoms with Gasteiger partial charge in [-0.05, 0) is 55.5 Å². The van der Waals surface area contributed by atoms with Gasteiger partial charge in [-0.3, -0.25) is 9.69 Å². The number of carbonyl (C=O) groups is 2. The largest absolute Gasteiger partial charge is 0.494 e. The van der Waals surface area contributed by atoms with E-state index in [2.05, 4.69) is 20.7 Å². The fourth-order valence-electron chi connectivity index (χ4n) is 2.65. The summed E-state index contributed by atoms with van der Waals surface area (Å²) in [7, 11) is 1.29. The summed E-state index contributed by atoms with van der Waals surface area (Å²) >= 11 is 10.1. The van der Waals surface area contributed by atoms with E-state index < -0.39 is 5.97 Å². The quantitative estimate of drug-likeness (QED) is 0.302. The molecule has 0 saturated carbocycles. The Labute approximate surface area is 192 Å². The maximum Gasteiger partial charge on any atom is 0.343 e. The minimum Gasteiger partial charge on any atom is -0.494 e. The van der Waals surface area contributed by atoms with Gasteiger partial charge in [-0.15, -0.1) is 0 Å². The minimum atomic E-state index is -0.495. The van der Waals surface area contributed by atoms with Gasteiger partial charge < -0.3 is 14.2 Å². The van der Waals surface area contributed by atoms with Crippen molar-refractivity contribution in [3.63, 3.8) is 0 Å². The minimum absolute atomic E-state index is 0.229. The number of benzene rings is 2. The van der Waals surface area contributed by atoms with E-state index in [0.29, 0.717) is 32.8 Å². The zero-order valence-corrected chi connectivity index (χ0v) is 19.4. The van der Waals surface area contributed by atoms with Crippen LogP contribution in [0.1, 0.15) is 12.5 Å². The van der Waals surface area contributed by atoms with Crippen LogP contribution in [0.15, 0.2) is 51.8 Å². The van der Waals surface area contributed by atoms with Crippen LogP contribution >= 0.6 is 39.9 Å². The number of hydrogen-bond donors (Lipinski definition) is 0. The molecule has 1 aliphatic rings. The Kier molecular flexibility index (Phi) is 7.52. The molecule has 9 heteroatoms. The van der Waals surface area contributed by atoms with Gasteiger partial charge in [0, 0.05) is 10.0 Å². The van der Waals surface area contributed by atoms with E-state index in [1.54, 1.807) is 48.5 Å². The van der Waals surface area contributed by atoms with Crippen LogP contribution in [0.4, 0.5) is 5.69 Å². The van der Waals surface area contributed by atoms with Crippen LogP contribution in [0.25, 0.3) is 6.08 Å². The first-order valence-corrected chi connectivity index (χ1v) is 10.9. The summed E-state index contributed by atoms with van der Waals surface area (Å²) in [5.41, 5.74) is 1.31. The van der Waals surface area contributed by atoms with Crippen LogP contribution in [0.5, 0.6) is 11.5 Å². The molecule has 2 aromatic rings. The number of thioether (sulfide) groups is 1. The normalized spacial score (nSPS) is 14.9. The van der Waals surface area contributed by atoms with Gasteiger partial charge in [0.25, 0.3) is 5.91 Å². The standard InChI is InChI=1S/C21H18BrNO5S2/c1-3-27-16-7-5-15(6-8-16)23-20(25)18(30-21(23)29)11-13-10-14(22)4-9-17(13)28-12-19(24)26-2/h4-11H,3,12H2,1-2H3/b18-11+. The number of nitrogens with zero attached hydrogens (tertiary/aromatic N) is 1. The highest BCUT2D eigenvalue weighted by atomic mass is 79.9. The molecule has 0 aromatic heterocycles. The van der Waals surface area contributed by atoms with Crippen molar-refractivity contribution in [2.45, 2.75) is 6.92 Å². The van der Waals surface area contributed by atoms with E-state index in [1.807, 2.05) is 6.92 Å². The number of hydrogen-bond acceptors (Lipinski definition) is 7. The second-order valence-corrected chi connectivity index (χ2v) is 8.58. The van der Waals surface area contributed by atoms with Gasteiger partial charge in [0.2, 0.25) is 0 Å². The molecule has 1 heterocycles. The molecule has 1 aliphatic heterocycles. The summed E-state index contributed by atoms with van der Waals surface area (Å²) in [6.07, 6.45) is 1.70. The van der Waals surface area contributed by atoms with Crippen LogP contribution in [-0.2, 0) is 14.3 Å². The summed E-state index contributed by atoms with van der Waals surface area (Å²) in [5, 5.41) is 0. The number of thiocarbonyl (C=S) groups is 1. The molecule has 0 N–H and O–H groups in total. The zero-order chi connectivity index (χ0) is 21.7. The number of amides is 1. The number of carbonyl (C=O) groups excluding carboxylic acids is 2. The van der Waals surface area contributed by atoms with Crippen LogP contribution in [-0.4, -0.2) is 36.5 Å². The molecule has 0 aliphatic carbocycles. The average Bonchev–Trinajstić information content (AvgIpc) is 3.01. The fourth-order valence-corrected chi connectivity index (χ4v) is 4.32. The molecule has 6 nitrogen and oxygen atoms in total. The number of anilines is 1. The van der Waals surface area contributed by atoms with Crippen molar-refractivity contribution in [3.05, 3.63) is 57.4 Å². The number of methoxy groups -OCH3 is 1. The summed E-state index contributed by atoms with van der Waals surface area (Å²) in [5.74, 6) is 0.456. The molecule has 0 unspecified atom stereocenters. The summed E-state index contributed by atoms with van der Waals surface area (Å²) in [6, 6.07) is 12.5. The summed E-state index contributed by atoms with van der Waals surface area (Å²) in [6.45, 7) is 2.24. The lowest BCUT2D eigenvalue weighted by Gasteiger charge is -2.15. The van der Waals surface area contributed by atoms with Gasteiger partial charge in [0.05, 0.1) is 24.3 Å². The molecule has 1 fully saturated rings. The predicted octanol–water partition coefficient (Wildman–Crippen LogP) is 4.81. The molecule has 156 valence electrons. The first kappa shape index (κ1) is 22.3. The lowest BCUT2D eigenvalue weighted by molar-refractivity contribution is -0.142. The second kappa shape index (κ2) is 10.1. The number of esters is 1. The van der Waals surface area contributed by atoms with Crippen molar-refractivity contribution in [2.24, 2.45) is 0 Å². The topological polar surface area (TPSA) is 65.1 Å². The third kappa shape index (κ3) is 5.21. The van der Waals surface area contributed by atoms with Gasteiger partial charge in [-0.2, -0.15) is 0 Å². The highest BCUT2D eigenvalue weighted by Gasteiger charge is 2.33. The SMILES string of the molecule is CCOc1ccc(N2C(=O)/C(=C\c3cc(Br)ccc3OCC(=O)OC)SC2=S)cc1. The van der Waals surface area contributed by atoms with Gasteiger partial charge in [-0.1, -0.05) is 39.9 Å². The zero-order valence-electron chi connectivity index (χ0n) is 16.2. The molecule has 1 saturated heterocycles. The molecule has 0 bridgehead atoms. The summed E-state index contributed by atoms with van der Waals surface area (Å²) in [4.78, 5) is 26.4. The lowest BCUT2D eigenvalue weighted by Crippen LogP contribution is -2.27. The van der Waals surface area contributed by atoms with Gasteiger partial charge in [-0.25, -0.2) is 4.79 Å². The predicted molar refractivity (Wildman–Crippen MR) is 125 cm³/mol. The molecule has 0 radical (unpaired) electrons. The van der Waals surface area contributed by atoms with Gasteiger partial charge in [0.1, 0.15) is 11.5 Å². The number of halogens is 1. The average molecular weight is 508 g/mol. The number of ether oxygens (including phenoxy) is 3. The Morgan fingerprint density at radius 2 is 1.93 bits per heavy atom. The van der Waals surface area contributed by atoms with Crippen molar-refractivity contribution in [3.8, 4) is 11.5 Å². The Balaban J connectivity index is 1.86. The second-order valence-electron chi connectivity index (χ2n) is 5.99. The lowest BCUT2D eigenvalue weighted by atomic mass is 10.2. The van der Waals surface area contributed by atoms with Gasteiger partial charge in [0.15, 0.2) is 10.9 Å². The highest BCUT2D eigenvalue weighted by molar-refractivity contribution is 9.10. The molecule has 2 aromatic carbocycles. The molecule has 3 rings (SSSR count). The Morgan fingerprint density at radius 1 is 1.20 bits per heavy atom. The number of rotatable bonds is 7. The first-order valence-electron chi connectivity index (χ1n) is 8.93. The Hall–Kier alpha value is -2.36. The van der Waals surface area contributed by atoms with Crippen LogP contribution in [0.3, 0.4) is 0 Å². The van der Waals surface area contributed by atoms with Crippen molar-refractivity contribution < 1.29 is 23.8 Å². The molecule has 30 heavy (non-hydrogen) atoms. The first-order chi connectivity index (χ1) is 14.4. The smallest absolute Gasteiger partial charge is 0.343 e. The summed E-state index contributed by atoms with van der Waals surface area (Å²) < 4.78 is 16.8. The third-order valence-corrected chi connectivity index (χ3v) is 5.83. The van der Waals surface area contributed by atoms with E-state index in [9.17, 15) is 9.59 Å². The molecule has 0 atom stereocenters. The maximum absolute atomic E-state index is 13.0. The molecule has 1 amide bonds. The third-order valence-electron chi connectivity index (χ3n) is 4.03. The molecule has 0 spiro atoms.